The van der Waals surface area contributed by atoms with Gasteiger partial charge in [0.1, 0.15) is 0 Å². The lowest BCUT2D eigenvalue weighted by atomic mass is 10.1. The summed E-state index contributed by atoms with van der Waals surface area (Å²) in [5.41, 5.74) is 0.311. The summed E-state index contributed by atoms with van der Waals surface area (Å²) in [6.07, 6.45) is 0.721. The van der Waals surface area contributed by atoms with Crippen LogP contribution in [0.3, 0.4) is 0 Å². The number of amides is 1. The van der Waals surface area contributed by atoms with Gasteiger partial charge in [-0.05, 0) is 27.2 Å². The highest BCUT2D eigenvalue weighted by Gasteiger charge is 2.11. The Labute approximate surface area is 95.5 Å². The molecule has 0 aromatic rings. The number of carboxylic acids is 1. The van der Waals surface area contributed by atoms with Crippen LogP contribution in [0.4, 0.5) is 0 Å². The van der Waals surface area contributed by atoms with Crippen molar-refractivity contribution in [1.82, 2.24) is 5.32 Å². The molecule has 0 spiro atoms. The van der Waals surface area contributed by atoms with Gasteiger partial charge in [-0.3, -0.25) is 4.79 Å². The topological polar surface area (TPSA) is 75.6 Å². The molecule has 1 amide bonds. The summed E-state index contributed by atoms with van der Waals surface area (Å²) >= 11 is 0. The molecule has 0 saturated carbocycles. The highest BCUT2D eigenvalue weighted by atomic mass is 16.5. The van der Waals surface area contributed by atoms with E-state index in [1.807, 2.05) is 6.92 Å². The summed E-state index contributed by atoms with van der Waals surface area (Å²) in [7, 11) is 0. The Morgan fingerprint density at radius 1 is 1.25 bits per heavy atom. The van der Waals surface area contributed by atoms with Crippen LogP contribution in [0.15, 0.2) is 11.1 Å². The molecule has 5 heteroatoms. The molecule has 92 valence electrons. The van der Waals surface area contributed by atoms with Gasteiger partial charge in [0.2, 0.25) is 5.91 Å². The van der Waals surface area contributed by atoms with Crippen molar-refractivity contribution in [1.29, 1.82) is 0 Å². The molecule has 0 aliphatic heterocycles. The molecule has 2 N–H and O–H groups in total. The van der Waals surface area contributed by atoms with Gasteiger partial charge in [-0.15, -0.1) is 0 Å². The Morgan fingerprint density at radius 2 is 1.88 bits per heavy atom. The normalized spacial score (nSPS) is 11.9. The highest BCUT2D eigenvalue weighted by molar-refractivity contribution is 6.01. The smallest absolute Gasteiger partial charge is 0.331 e. The quantitative estimate of drug-likeness (QED) is 0.503. The molecule has 0 rings (SSSR count). The standard InChI is InChI=1S/C11H19NO4/c1-4-16-7-5-6-12-10(13)8(2)9(3)11(14)15/h4-7H2,1-3H3,(H,12,13)(H,14,15)/b9-8-. The zero-order chi connectivity index (χ0) is 12.6. The van der Waals surface area contributed by atoms with Crippen LogP contribution in [-0.2, 0) is 14.3 Å². The van der Waals surface area contributed by atoms with E-state index < -0.39 is 5.97 Å². The SMILES string of the molecule is CCOCCCNC(=O)/C(C)=C(/C)C(=O)O. The number of carbonyl (C=O) groups excluding carboxylic acids is 1. The summed E-state index contributed by atoms with van der Waals surface area (Å²) in [5.74, 6) is -1.40. The highest BCUT2D eigenvalue weighted by Crippen LogP contribution is 2.03. The van der Waals surface area contributed by atoms with Crippen molar-refractivity contribution in [3.05, 3.63) is 11.1 Å². The minimum atomic E-state index is -1.07. The maximum atomic E-state index is 11.4. The van der Waals surface area contributed by atoms with Crippen LogP contribution in [0, 0.1) is 0 Å². The number of rotatable bonds is 7. The lowest BCUT2D eigenvalue weighted by Crippen LogP contribution is -2.27. The molecule has 0 saturated heterocycles. The third-order valence-electron chi connectivity index (χ3n) is 2.18. The van der Waals surface area contributed by atoms with E-state index in [1.54, 1.807) is 0 Å². The van der Waals surface area contributed by atoms with Crippen LogP contribution in [0.5, 0.6) is 0 Å². The molecule has 0 aromatic carbocycles. The van der Waals surface area contributed by atoms with Crippen LogP contribution in [0.1, 0.15) is 27.2 Å². The summed E-state index contributed by atoms with van der Waals surface area (Å²) in [6, 6.07) is 0. The predicted molar refractivity (Wildman–Crippen MR) is 60.1 cm³/mol. The fourth-order valence-electron chi connectivity index (χ4n) is 0.984. The lowest BCUT2D eigenvalue weighted by molar-refractivity contribution is -0.133. The molecule has 0 aliphatic rings. The first-order valence-corrected chi connectivity index (χ1v) is 5.27. The second-order valence-corrected chi connectivity index (χ2v) is 3.36. The van der Waals surface area contributed by atoms with Crippen molar-refractivity contribution >= 4 is 11.9 Å². The van der Waals surface area contributed by atoms with Crippen molar-refractivity contribution in [3.63, 3.8) is 0 Å². The van der Waals surface area contributed by atoms with E-state index in [9.17, 15) is 9.59 Å². The Kier molecular flexibility index (Phi) is 7.20. The Bertz CT molecular complexity index is 284. The molecule has 16 heavy (non-hydrogen) atoms. The fraction of sp³-hybridized carbons (Fsp3) is 0.636. The molecule has 0 radical (unpaired) electrons. The minimum absolute atomic E-state index is 0.0716. The van der Waals surface area contributed by atoms with Crippen LogP contribution in [-0.4, -0.2) is 36.7 Å². The van der Waals surface area contributed by atoms with Gasteiger partial charge in [-0.1, -0.05) is 0 Å². The van der Waals surface area contributed by atoms with Gasteiger partial charge in [0.15, 0.2) is 0 Å². The van der Waals surface area contributed by atoms with E-state index in [4.69, 9.17) is 9.84 Å². The van der Waals surface area contributed by atoms with Gasteiger partial charge >= 0.3 is 5.97 Å². The molecule has 5 nitrogen and oxygen atoms in total. The second kappa shape index (κ2) is 7.87. The zero-order valence-corrected chi connectivity index (χ0v) is 10.0. The number of ether oxygens (including phenoxy) is 1. The minimum Gasteiger partial charge on any atom is -0.478 e. The monoisotopic (exact) mass is 229 g/mol. The van der Waals surface area contributed by atoms with E-state index in [0.29, 0.717) is 19.8 Å². The van der Waals surface area contributed by atoms with Crippen molar-refractivity contribution in [2.45, 2.75) is 27.2 Å². The summed E-state index contributed by atoms with van der Waals surface area (Å²) in [6.45, 7) is 6.56. The van der Waals surface area contributed by atoms with Gasteiger partial charge in [-0.25, -0.2) is 4.79 Å². The van der Waals surface area contributed by atoms with E-state index >= 15 is 0 Å². The molecule has 0 bridgehead atoms. The Morgan fingerprint density at radius 3 is 2.38 bits per heavy atom. The predicted octanol–water partition coefficient (Wildman–Crippen LogP) is 0.950. The maximum absolute atomic E-state index is 11.4. The first-order valence-electron chi connectivity index (χ1n) is 5.27. The fourth-order valence-corrected chi connectivity index (χ4v) is 0.984. The molecule has 0 aromatic heterocycles. The Hall–Kier alpha value is -1.36. The van der Waals surface area contributed by atoms with Gasteiger partial charge in [0.05, 0.1) is 0 Å². The van der Waals surface area contributed by atoms with Gasteiger partial charge in [0, 0.05) is 30.9 Å². The third kappa shape index (κ3) is 5.50. The number of hydrogen-bond donors (Lipinski definition) is 2. The van der Waals surface area contributed by atoms with Crippen LogP contribution in [0.25, 0.3) is 0 Å². The van der Waals surface area contributed by atoms with Crippen molar-refractivity contribution in [3.8, 4) is 0 Å². The molecule has 0 fully saturated rings. The summed E-state index contributed by atoms with van der Waals surface area (Å²) in [5, 5.41) is 11.3. The van der Waals surface area contributed by atoms with E-state index in [1.165, 1.54) is 13.8 Å². The lowest BCUT2D eigenvalue weighted by Gasteiger charge is -2.06. The van der Waals surface area contributed by atoms with Crippen LogP contribution >= 0.6 is 0 Å². The van der Waals surface area contributed by atoms with Crippen LogP contribution in [0.2, 0.25) is 0 Å². The first kappa shape index (κ1) is 14.6. The van der Waals surface area contributed by atoms with Crippen LogP contribution < -0.4 is 5.32 Å². The molecular formula is C11H19NO4. The van der Waals surface area contributed by atoms with Crippen molar-refractivity contribution < 1.29 is 19.4 Å². The largest absolute Gasteiger partial charge is 0.478 e. The van der Waals surface area contributed by atoms with Crippen molar-refractivity contribution in [2.75, 3.05) is 19.8 Å². The van der Waals surface area contributed by atoms with E-state index in [-0.39, 0.29) is 17.1 Å². The molecule has 0 atom stereocenters. The average Bonchev–Trinajstić information content (AvgIpc) is 2.26. The summed E-state index contributed by atoms with van der Waals surface area (Å²) in [4.78, 5) is 22.1. The van der Waals surface area contributed by atoms with Gasteiger partial charge in [-0.2, -0.15) is 0 Å². The Balaban J connectivity index is 3.98. The number of hydrogen-bond acceptors (Lipinski definition) is 3. The number of carboxylic acid groups (broad SMARTS) is 1. The summed E-state index contributed by atoms with van der Waals surface area (Å²) < 4.78 is 5.10. The molecule has 0 heterocycles. The number of aliphatic carboxylic acids is 1. The maximum Gasteiger partial charge on any atom is 0.331 e. The third-order valence-corrected chi connectivity index (χ3v) is 2.18. The van der Waals surface area contributed by atoms with Gasteiger partial charge < -0.3 is 15.2 Å². The number of carbonyl (C=O) groups is 2. The molecule has 0 aliphatic carbocycles. The first-order chi connectivity index (χ1) is 7.50. The zero-order valence-electron chi connectivity index (χ0n) is 10.0. The van der Waals surface area contributed by atoms with Gasteiger partial charge in [0.25, 0.3) is 0 Å². The molecular weight excluding hydrogens is 210 g/mol. The average molecular weight is 229 g/mol. The van der Waals surface area contributed by atoms with E-state index in [2.05, 4.69) is 5.32 Å². The second-order valence-electron chi connectivity index (χ2n) is 3.36. The van der Waals surface area contributed by atoms with Crippen molar-refractivity contribution in [2.24, 2.45) is 0 Å². The molecule has 0 unspecified atom stereocenters. The van der Waals surface area contributed by atoms with E-state index in [0.717, 1.165) is 6.42 Å². The number of nitrogens with one attached hydrogen (secondary N) is 1.